The normalized spacial score (nSPS) is 10.4. The Morgan fingerprint density at radius 2 is 2.19 bits per heavy atom. The maximum Gasteiger partial charge on any atom is 0.407 e. The SMILES string of the molecule is CC(C)(C)OC(=O)NCCCOc1cccc(N=[N+]=[N-])c1. The van der Waals surface area contributed by atoms with E-state index in [0.29, 0.717) is 31.0 Å². The molecule has 0 unspecified atom stereocenters. The zero-order valence-corrected chi connectivity index (χ0v) is 12.5. The highest BCUT2D eigenvalue weighted by Gasteiger charge is 2.15. The van der Waals surface area contributed by atoms with Crippen molar-refractivity contribution in [3.05, 3.63) is 34.7 Å². The lowest BCUT2D eigenvalue weighted by atomic mass is 10.2. The van der Waals surface area contributed by atoms with Crippen molar-refractivity contribution in [3.63, 3.8) is 0 Å². The third kappa shape index (κ3) is 7.69. The van der Waals surface area contributed by atoms with Gasteiger partial charge in [0.1, 0.15) is 11.4 Å². The average molecular weight is 292 g/mol. The van der Waals surface area contributed by atoms with Gasteiger partial charge in [0, 0.05) is 17.1 Å². The van der Waals surface area contributed by atoms with Crippen molar-refractivity contribution in [1.82, 2.24) is 5.32 Å². The van der Waals surface area contributed by atoms with Crippen molar-refractivity contribution in [1.29, 1.82) is 0 Å². The van der Waals surface area contributed by atoms with Crippen LogP contribution in [0.1, 0.15) is 27.2 Å². The highest BCUT2D eigenvalue weighted by molar-refractivity contribution is 5.67. The lowest BCUT2D eigenvalue weighted by molar-refractivity contribution is 0.0525. The Balaban J connectivity index is 2.24. The summed E-state index contributed by atoms with van der Waals surface area (Å²) in [6.45, 7) is 6.34. The summed E-state index contributed by atoms with van der Waals surface area (Å²) in [5.41, 5.74) is 8.36. The van der Waals surface area contributed by atoms with Gasteiger partial charge in [-0.2, -0.15) is 0 Å². The number of hydrogen-bond donors (Lipinski definition) is 1. The van der Waals surface area contributed by atoms with E-state index < -0.39 is 11.7 Å². The molecule has 0 bridgehead atoms. The Morgan fingerprint density at radius 1 is 1.43 bits per heavy atom. The minimum atomic E-state index is -0.498. The van der Waals surface area contributed by atoms with E-state index in [4.69, 9.17) is 15.0 Å². The van der Waals surface area contributed by atoms with Crippen LogP contribution in [0.2, 0.25) is 0 Å². The van der Waals surface area contributed by atoms with Gasteiger partial charge in [-0.3, -0.25) is 0 Å². The summed E-state index contributed by atoms with van der Waals surface area (Å²) in [6.07, 6.45) is 0.207. The number of carbonyl (C=O) groups excluding carboxylic acids is 1. The lowest BCUT2D eigenvalue weighted by Crippen LogP contribution is -2.33. The maximum absolute atomic E-state index is 11.4. The van der Waals surface area contributed by atoms with Crippen LogP contribution in [0.3, 0.4) is 0 Å². The molecular formula is C14H20N4O3. The molecule has 7 heteroatoms. The van der Waals surface area contributed by atoms with Crippen LogP contribution in [0.5, 0.6) is 5.75 Å². The molecule has 0 aliphatic rings. The molecule has 7 nitrogen and oxygen atoms in total. The summed E-state index contributed by atoms with van der Waals surface area (Å²) in [5, 5.41) is 6.15. The van der Waals surface area contributed by atoms with Crippen molar-refractivity contribution < 1.29 is 14.3 Å². The van der Waals surface area contributed by atoms with Crippen molar-refractivity contribution in [2.75, 3.05) is 13.2 Å². The Morgan fingerprint density at radius 3 is 2.86 bits per heavy atom. The Kier molecular flexibility index (Phi) is 6.36. The van der Waals surface area contributed by atoms with Crippen LogP contribution in [0.25, 0.3) is 10.4 Å². The first-order valence-electron chi connectivity index (χ1n) is 6.65. The molecule has 1 aromatic rings. The number of benzene rings is 1. The first-order valence-corrected chi connectivity index (χ1v) is 6.65. The fraction of sp³-hybridized carbons (Fsp3) is 0.500. The Labute approximate surface area is 123 Å². The molecule has 1 rings (SSSR count). The smallest absolute Gasteiger partial charge is 0.407 e. The zero-order chi connectivity index (χ0) is 15.7. The molecule has 0 saturated carbocycles. The van der Waals surface area contributed by atoms with E-state index in [2.05, 4.69) is 15.3 Å². The number of rotatable bonds is 6. The van der Waals surface area contributed by atoms with Crippen LogP contribution in [0.15, 0.2) is 29.4 Å². The molecule has 0 radical (unpaired) electrons. The van der Waals surface area contributed by atoms with E-state index in [1.807, 2.05) is 20.8 Å². The number of amides is 1. The summed E-state index contributed by atoms with van der Waals surface area (Å²) < 4.78 is 10.6. The second-order valence-corrected chi connectivity index (χ2v) is 5.32. The standard InChI is InChI=1S/C14H20N4O3/c1-14(2,3)21-13(19)16-8-5-9-20-12-7-4-6-11(10-12)17-18-15/h4,6-7,10H,5,8-9H2,1-3H3,(H,16,19). The molecule has 0 fully saturated rings. The van der Waals surface area contributed by atoms with Crippen LogP contribution >= 0.6 is 0 Å². The van der Waals surface area contributed by atoms with Crippen molar-refractivity contribution >= 4 is 11.8 Å². The molecule has 1 N–H and O–H groups in total. The molecule has 0 spiro atoms. The van der Waals surface area contributed by atoms with E-state index in [9.17, 15) is 4.79 Å². The van der Waals surface area contributed by atoms with Gasteiger partial charge in [-0.1, -0.05) is 17.2 Å². The van der Waals surface area contributed by atoms with Gasteiger partial charge in [0.05, 0.1) is 6.61 Å². The summed E-state index contributed by atoms with van der Waals surface area (Å²) in [6, 6.07) is 6.87. The van der Waals surface area contributed by atoms with Gasteiger partial charge in [0.25, 0.3) is 0 Å². The quantitative estimate of drug-likeness (QED) is 0.372. The summed E-state index contributed by atoms with van der Waals surface area (Å²) in [5.74, 6) is 0.622. The van der Waals surface area contributed by atoms with E-state index in [1.165, 1.54) is 0 Å². The highest BCUT2D eigenvalue weighted by Crippen LogP contribution is 2.19. The molecule has 114 valence electrons. The number of hydrogen-bond acceptors (Lipinski definition) is 4. The van der Waals surface area contributed by atoms with Gasteiger partial charge < -0.3 is 14.8 Å². The number of ether oxygens (including phenoxy) is 2. The first-order chi connectivity index (χ1) is 9.90. The molecule has 0 aliphatic heterocycles. The highest BCUT2D eigenvalue weighted by atomic mass is 16.6. The summed E-state index contributed by atoms with van der Waals surface area (Å²) in [7, 11) is 0. The molecule has 0 heterocycles. The summed E-state index contributed by atoms with van der Waals surface area (Å²) >= 11 is 0. The van der Waals surface area contributed by atoms with Crippen LogP contribution in [-0.4, -0.2) is 24.8 Å². The predicted molar refractivity (Wildman–Crippen MR) is 79.6 cm³/mol. The largest absolute Gasteiger partial charge is 0.494 e. The van der Waals surface area contributed by atoms with Gasteiger partial charge >= 0.3 is 6.09 Å². The van der Waals surface area contributed by atoms with Gasteiger partial charge in [-0.25, -0.2) is 4.79 Å². The van der Waals surface area contributed by atoms with Gasteiger partial charge in [-0.05, 0) is 44.9 Å². The number of nitrogens with zero attached hydrogens (tertiary/aromatic N) is 3. The zero-order valence-electron chi connectivity index (χ0n) is 12.5. The number of nitrogens with one attached hydrogen (secondary N) is 1. The molecule has 0 aliphatic carbocycles. The molecule has 1 aromatic carbocycles. The molecular weight excluding hydrogens is 272 g/mol. The Hall–Kier alpha value is -2.40. The fourth-order valence-electron chi connectivity index (χ4n) is 1.45. The third-order valence-corrected chi connectivity index (χ3v) is 2.24. The lowest BCUT2D eigenvalue weighted by Gasteiger charge is -2.19. The Bertz CT molecular complexity index is 519. The average Bonchev–Trinajstić information content (AvgIpc) is 2.37. The van der Waals surface area contributed by atoms with Gasteiger partial charge in [-0.15, -0.1) is 0 Å². The van der Waals surface area contributed by atoms with Crippen LogP contribution in [0.4, 0.5) is 10.5 Å². The van der Waals surface area contributed by atoms with Gasteiger partial charge in [0.2, 0.25) is 0 Å². The fourth-order valence-corrected chi connectivity index (χ4v) is 1.45. The van der Waals surface area contributed by atoms with Crippen molar-refractivity contribution in [2.24, 2.45) is 5.11 Å². The first kappa shape index (κ1) is 16.7. The second-order valence-electron chi connectivity index (χ2n) is 5.32. The van der Waals surface area contributed by atoms with Crippen LogP contribution in [-0.2, 0) is 4.74 Å². The second kappa shape index (κ2) is 8.01. The molecule has 21 heavy (non-hydrogen) atoms. The number of azide groups is 1. The van der Waals surface area contributed by atoms with Crippen molar-refractivity contribution in [3.8, 4) is 5.75 Å². The molecule has 0 atom stereocenters. The molecule has 0 aromatic heterocycles. The third-order valence-electron chi connectivity index (χ3n) is 2.24. The molecule has 1 amide bonds. The minimum Gasteiger partial charge on any atom is -0.494 e. The maximum atomic E-state index is 11.4. The van der Waals surface area contributed by atoms with E-state index in [1.54, 1.807) is 24.3 Å². The molecule has 0 saturated heterocycles. The number of alkyl carbamates (subject to hydrolysis) is 1. The monoisotopic (exact) mass is 292 g/mol. The van der Waals surface area contributed by atoms with Crippen molar-refractivity contribution in [2.45, 2.75) is 32.8 Å². The number of carbonyl (C=O) groups is 1. The van der Waals surface area contributed by atoms with E-state index >= 15 is 0 Å². The summed E-state index contributed by atoms with van der Waals surface area (Å²) in [4.78, 5) is 14.1. The van der Waals surface area contributed by atoms with Crippen LogP contribution < -0.4 is 10.1 Å². The van der Waals surface area contributed by atoms with Crippen LogP contribution in [0, 0.1) is 0 Å². The predicted octanol–water partition coefficient (Wildman–Crippen LogP) is 3.92. The van der Waals surface area contributed by atoms with E-state index in [-0.39, 0.29) is 0 Å². The minimum absolute atomic E-state index is 0.437. The van der Waals surface area contributed by atoms with E-state index in [0.717, 1.165) is 0 Å². The van der Waals surface area contributed by atoms with Gasteiger partial charge in [0.15, 0.2) is 0 Å². The topological polar surface area (TPSA) is 96.3 Å².